The second-order valence-corrected chi connectivity index (χ2v) is 5.55. The monoisotopic (exact) mass is 386 g/mol. The van der Waals surface area contributed by atoms with Gasteiger partial charge in [0.05, 0.1) is 39.7 Å². The largest absolute Gasteiger partial charge is 0.493 e. The van der Waals surface area contributed by atoms with Crippen molar-refractivity contribution in [2.24, 2.45) is 5.73 Å². The van der Waals surface area contributed by atoms with Gasteiger partial charge in [-0.05, 0) is 29.8 Å². The summed E-state index contributed by atoms with van der Waals surface area (Å²) in [6, 6.07) is 8.12. The van der Waals surface area contributed by atoms with Gasteiger partial charge in [-0.2, -0.15) is 0 Å². The molecule has 2 rings (SSSR count). The zero-order valence-electron chi connectivity index (χ0n) is 16.1. The lowest BCUT2D eigenvalue weighted by Crippen LogP contribution is -2.17. The predicted octanol–water partition coefficient (Wildman–Crippen LogP) is 2.47. The zero-order valence-corrected chi connectivity index (χ0v) is 16.1. The Hall–Kier alpha value is -3.68. The summed E-state index contributed by atoms with van der Waals surface area (Å²) >= 11 is 0. The molecule has 0 aliphatic heterocycles. The van der Waals surface area contributed by atoms with Gasteiger partial charge in [-0.1, -0.05) is 6.07 Å². The molecule has 0 heterocycles. The molecule has 0 unspecified atom stereocenters. The molecule has 0 spiro atoms. The van der Waals surface area contributed by atoms with Crippen LogP contribution in [0.25, 0.3) is 6.08 Å². The highest BCUT2D eigenvalue weighted by Gasteiger charge is 2.16. The lowest BCUT2D eigenvalue weighted by molar-refractivity contribution is -0.111. The van der Waals surface area contributed by atoms with Gasteiger partial charge in [0, 0.05) is 12.1 Å². The number of hydrogen-bond acceptors (Lipinski definition) is 6. The van der Waals surface area contributed by atoms with Gasteiger partial charge in [0.2, 0.25) is 5.91 Å². The fourth-order valence-corrected chi connectivity index (χ4v) is 2.49. The van der Waals surface area contributed by atoms with E-state index in [1.807, 2.05) is 0 Å². The van der Waals surface area contributed by atoms with E-state index in [9.17, 15) is 9.59 Å². The average Bonchev–Trinajstić information content (AvgIpc) is 2.71. The topological polar surface area (TPSA) is 109 Å². The van der Waals surface area contributed by atoms with Crippen LogP contribution in [0.3, 0.4) is 0 Å². The van der Waals surface area contributed by atoms with Crippen LogP contribution in [-0.4, -0.2) is 40.3 Å². The van der Waals surface area contributed by atoms with Crippen molar-refractivity contribution in [1.82, 2.24) is 0 Å². The highest BCUT2D eigenvalue weighted by Crippen LogP contribution is 2.33. The predicted molar refractivity (Wildman–Crippen MR) is 105 cm³/mol. The van der Waals surface area contributed by atoms with Crippen molar-refractivity contribution in [3.05, 3.63) is 47.5 Å². The Balaban J connectivity index is 2.25. The van der Waals surface area contributed by atoms with Gasteiger partial charge in [-0.15, -0.1) is 0 Å². The van der Waals surface area contributed by atoms with Crippen LogP contribution in [0.5, 0.6) is 23.0 Å². The lowest BCUT2D eigenvalue weighted by atomic mass is 10.1. The average molecular weight is 386 g/mol. The first-order valence-corrected chi connectivity index (χ1v) is 8.20. The molecule has 8 heteroatoms. The molecule has 2 amide bonds. The number of nitrogens with one attached hydrogen (secondary N) is 1. The van der Waals surface area contributed by atoms with Crippen molar-refractivity contribution in [1.29, 1.82) is 0 Å². The molecular formula is C20H22N2O6. The molecule has 3 N–H and O–H groups in total. The first-order valence-electron chi connectivity index (χ1n) is 8.20. The highest BCUT2D eigenvalue weighted by atomic mass is 16.5. The van der Waals surface area contributed by atoms with Crippen LogP contribution < -0.4 is 30.0 Å². The molecule has 8 nitrogen and oxygen atoms in total. The molecule has 0 atom stereocenters. The van der Waals surface area contributed by atoms with E-state index in [1.165, 1.54) is 39.5 Å². The summed E-state index contributed by atoms with van der Waals surface area (Å²) in [5.41, 5.74) is 6.45. The van der Waals surface area contributed by atoms with Crippen molar-refractivity contribution < 1.29 is 28.5 Å². The molecule has 0 radical (unpaired) electrons. The summed E-state index contributed by atoms with van der Waals surface area (Å²) in [7, 11) is 5.96. The molecule has 0 saturated carbocycles. The van der Waals surface area contributed by atoms with Gasteiger partial charge < -0.3 is 30.0 Å². The Bertz CT molecular complexity index is 908. The number of anilines is 1. The maximum atomic E-state index is 12.3. The van der Waals surface area contributed by atoms with E-state index in [-0.39, 0.29) is 11.3 Å². The second kappa shape index (κ2) is 9.31. The standard InChI is InChI=1S/C20H22N2O6/c1-25-15-7-5-12(9-16(15)26-2)6-8-19(23)22-14-11-18(28-4)17(27-3)10-13(14)20(21)24/h5-11H,1-4H3,(H2,21,24)(H,22,23). The van der Waals surface area contributed by atoms with Gasteiger partial charge >= 0.3 is 0 Å². The quantitative estimate of drug-likeness (QED) is 0.675. The molecular weight excluding hydrogens is 364 g/mol. The van der Waals surface area contributed by atoms with Gasteiger partial charge in [0.25, 0.3) is 5.91 Å². The molecule has 0 fully saturated rings. The van der Waals surface area contributed by atoms with Gasteiger partial charge in [-0.3, -0.25) is 9.59 Å². The number of benzene rings is 2. The highest BCUT2D eigenvalue weighted by molar-refractivity contribution is 6.07. The number of carbonyl (C=O) groups excluding carboxylic acids is 2. The normalized spacial score (nSPS) is 10.4. The Labute approximate surface area is 162 Å². The minimum absolute atomic E-state index is 0.102. The van der Waals surface area contributed by atoms with Crippen molar-refractivity contribution in [3.63, 3.8) is 0 Å². The van der Waals surface area contributed by atoms with Crippen molar-refractivity contribution in [2.75, 3.05) is 33.8 Å². The van der Waals surface area contributed by atoms with Crippen LogP contribution in [0.1, 0.15) is 15.9 Å². The number of rotatable bonds is 8. The van der Waals surface area contributed by atoms with Gasteiger partial charge in [-0.25, -0.2) is 0 Å². The van der Waals surface area contributed by atoms with Crippen LogP contribution in [-0.2, 0) is 4.79 Å². The third-order valence-electron chi connectivity index (χ3n) is 3.88. The fourth-order valence-electron chi connectivity index (χ4n) is 2.49. The number of nitrogens with two attached hydrogens (primary N) is 1. The third-order valence-corrected chi connectivity index (χ3v) is 3.88. The number of carbonyl (C=O) groups is 2. The third kappa shape index (κ3) is 4.73. The zero-order chi connectivity index (χ0) is 20.7. The molecule has 0 aromatic heterocycles. The van der Waals surface area contributed by atoms with E-state index in [4.69, 9.17) is 24.7 Å². The molecule has 2 aromatic carbocycles. The first-order chi connectivity index (χ1) is 13.4. The maximum Gasteiger partial charge on any atom is 0.250 e. The van der Waals surface area contributed by atoms with Crippen molar-refractivity contribution in [3.8, 4) is 23.0 Å². The number of primary amides is 1. The molecule has 0 aliphatic carbocycles. The maximum absolute atomic E-state index is 12.3. The SMILES string of the molecule is COc1ccc(C=CC(=O)Nc2cc(OC)c(OC)cc2C(N)=O)cc1OC. The fraction of sp³-hybridized carbons (Fsp3) is 0.200. The van der Waals surface area contributed by atoms with Gasteiger partial charge in [0.15, 0.2) is 23.0 Å². The molecule has 0 aliphatic rings. The Morgan fingerprint density at radius 2 is 1.43 bits per heavy atom. The van der Waals surface area contributed by atoms with E-state index < -0.39 is 11.8 Å². The van der Waals surface area contributed by atoms with E-state index in [1.54, 1.807) is 31.4 Å². The van der Waals surface area contributed by atoms with Crippen molar-refractivity contribution in [2.45, 2.75) is 0 Å². The number of ether oxygens (including phenoxy) is 4. The summed E-state index contributed by atoms with van der Waals surface area (Å²) < 4.78 is 20.8. The van der Waals surface area contributed by atoms with Crippen LogP contribution in [0.4, 0.5) is 5.69 Å². The Morgan fingerprint density at radius 1 is 0.857 bits per heavy atom. The summed E-state index contributed by atoms with van der Waals surface area (Å²) in [6.07, 6.45) is 2.92. The number of hydrogen-bond donors (Lipinski definition) is 2. The second-order valence-electron chi connectivity index (χ2n) is 5.55. The molecule has 0 saturated heterocycles. The minimum Gasteiger partial charge on any atom is -0.493 e. The van der Waals surface area contributed by atoms with Crippen LogP contribution in [0.2, 0.25) is 0 Å². The molecule has 0 bridgehead atoms. The van der Waals surface area contributed by atoms with Crippen LogP contribution in [0, 0.1) is 0 Å². The van der Waals surface area contributed by atoms with E-state index >= 15 is 0 Å². The Kier molecular flexibility index (Phi) is 6.86. The Morgan fingerprint density at radius 3 is 2.00 bits per heavy atom. The molecule has 148 valence electrons. The summed E-state index contributed by atoms with van der Waals surface area (Å²) in [5, 5.41) is 2.62. The van der Waals surface area contributed by atoms with Crippen LogP contribution in [0.15, 0.2) is 36.4 Å². The number of amides is 2. The summed E-state index contributed by atoms with van der Waals surface area (Å²) in [5.74, 6) is 0.646. The van der Waals surface area contributed by atoms with E-state index in [0.717, 1.165) is 5.56 Å². The summed E-state index contributed by atoms with van der Waals surface area (Å²) in [4.78, 5) is 24.0. The first kappa shape index (κ1) is 20.6. The number of methoxy groups -OCH3 is 4. The van der Waals surface area contributed by atoms with E-state index in [0.29, 0.717) is 23.0 Å². The van der Waals surface area contributed by atoms with Crippen LogP contribution >= 0.6 is 0 Å². The molecule has 28 heavy (non-hydrogen) atoms. The summed E-state index contributed by atoms with van der Waals surface area (Å²) in [6.45, 7) is 0. The molecule has 2 aromatic rings. The minimum atomic E-state index is -0.708. The van der Waals surface area contributed by atoms with E-state index in [2.05, 4.69) is 5.32 Å². The lowest BCUT2D eigenvalue weighted by Gasteiger charge is -2.13. The smallest absolute Gasteiger partial charge is 0.250 e. The van der Waals surface area contributed by atoms with Crippen molar-refractivity contribution >= 4 is 23.6 Å². The van der Waals surface area contributed by atoms with Gasteiger partial charge in [0.1, 0.15) is 0 Å².